The van der Waals surface area contributed by atoms with Gasteiger partial charge in [0.1, 0.15) is 4.90 Å². The number of sulfonamides is 1. The van der Waals surface area contributed by atoms with Gasteiger partial charge >= 0.3 is 0 Å². The molecule has 0 radical (unpaired) electrons. The number of fused-ring (bicyclic) bond motifs is 1. The maximum Gasteiger partial charge on any atom is 0.243 e. The summed E-state index contributed by atoms with van der Waals surface area (Å²) in [4.78, 5) is 18.1. The number of amides is 1. The van der Waals surface area contributed by atoms with Gasteiger partial charge in [0.2, 0.25) is 15.9 Å². The third kappa shape index (κ3) is 6.24. The van der Waals surface area contributed by atoms with Gasteiger partial charge in [-0.2, -0.15) is 0 Å². The van der Waals surface area contributed by atoms with Gasteiger partial charge in [-0.3, -0.25) is 4.79 Å². The molecule has 1 aliphatic carbocycles. The van der Waals surface area contributed by atoms with Gasteiger partial charge in [-0.1, -0.05) is 68.4 Å². The molecule has 0 spiro atoms. The molecule has 0 aromatic heterocycles. The molecule has 3 aromatic carbocycles. The molecule has 5 rings (SSSR count). The van der Waals surface area contributed by atoms with E-state index in [2.05, 4.69) is 32.8 Å². The summed E-state index contributed by atoms with van der Waals surface area (Å²) >= 11 is 0. The molecule has 2 N–H and O–H groups in total. The van der Waals surface area contributed by atoms with Gasteiger partial charge in [-0.25, -0.2) is 13.1 Å². The number of nitrogens with zero attached hydrogens (tertiary/aromatic N) is 2. The molecule has 1 fully saturated rings. The summed E-state index contributed by atoms with van der Waals surface area (Å²) in [6, 6.07) is 22.8. The lowest BCUT2D eigenvalue weighted by Gasteiger charge is -2.36. The van der Waals surface area contributed by atoms with E-state index in [9.17, 15) is 13.2 Å². The van der Waals surface area contributed by atoms with Crippen molar-refractivity contribution in [3.8, 4) is 0 Å². The van der Waals surface area contributed by atoms with Crippen molar-refractivity contribution in [1.82, 2.24) is 9.62 Å². The lowest BCUT2D eigenvalue weighted by molar-refractivity contribution is -0.117. The van der Waals surface area contributed by atoms with Crippen LogP contribution in [0, 0.1) is 0 Å². The number of aryl methyl sites for hydroxylation is 1. The summed E-state index contributed by atoms with van der Waals surface area (Å²) in [5.41, 5.74) is 4.36. The van der Waals surface area contributed by atoms with E-state index in [4.69, 9.17) is 0 Å². The molecular weight excluding hydrogens is 520 g/mol. The lowest BCUT2D eigenvalue weighted by atomic mass is 9.88. The Labute approximate surface area is 238 Å². The van der Waals surface area contributed by atoms with Crippen LogP contribution in [0.1, 0.15) is 61.8 Å². The molecule has 2 atom stereocenters. The van der Waals surface area contributed by atoms with E-state index in [-0.39, 0.29) is 22.8 Å². The minimum absolute atomic E-state index is 0.143. The molecule has 2 unspecified atom stereocenters. The van der Waals surface area contributed by atoms with Crippen molar-refractivity contribution in [1.29, 1.82) is 0 Å². The first kappa shape index (κ1) is 28.3. The van der Waals surface area contributed by atoms with Crippen molar-refractivity contribution >= 4 is 27.3 Å². The number of rotatable bonds is 9. The summed E-state index contributed by atoms with van der Waals surface area (Å²) in [6.45, 7) is 8.37. The fourth-order valence-corrected chi connectivity index (χ4v) is 7.49. The Morgan fingerprint density at radius 3 is 2.40 bits per heavy atom. The van der Waals surface area contributed by atoms with E-state index >= 15 is 0 Å². The zero-order chi connectivity index (χ0) is 28.1. The average Bonchev–Trinajstić information content (AvgIpc) is 2.98. The SMILES string of the molecule is CCC(C(=O)Nc1ccc(N2CCN(CC)CC2)c(S(=O)(=O)NC2CCCc3ccccc32)c1)c1ccccc1. The molecule has 212 valence electrons. The van der Waals surface area contributed by atoms with E-state index in [0.717, 1.165) is 63.1 Å². The summed E-state index contributed by atoms with van der Waals surface area (Å²) < 4.78 is 31.2. The number of hydrogen-bond donors (Lipinski definition) is 2. The maximum absolute atomic E-state index is 14.1. The first-order chi connectivity index (χ1) is 19.4. The van der Waals surface area contributed by atoms with Crippen molar-refractivity contribution < 1.29 is 13.2 Å². The molecule has 3 aromatic rings. The minimum Gasteiger partial charge on any atom is -0.368 e. The Hall–Kier alpha value is -3.20. The highest BCUT2D eigenvalue weighted by Crippen LogP contribution is 2.34. The zero-order valence-corrected chi connectivity index (χ0v) is 24.3. The van der Waals surface area contributed by atoms with E-state index in [1.54, 1.807) is 6.07 Å². The Morgan fingerprint density at radius 1 is 0.950 bits per heavy atom. The van der Waals surface area contributed by atoms with E-state index in [0.29, 0.717) is 17.8 Å². The number of carbonyl (C=O) groups is 1. The zero-order valence-electron chi connectivity index (χ0n) is 23.5. The quantitative estimate of drug-likeness (QED) is 0.370. The van der Waals surface area contributed by atoms with Crippen LogP contribution in [0.25, 0.3) is 0 Å². The second kappa shape index (κ2) is 12.5. The summed E-state index contributed by atoms with van der Waals surface area (Å²) in [5.74, 6) is -0.463. The van der Waals surface area contributed by atoms with Crippen molar-refractivity contribution in [3.05, 3.63) is 89.5 Å². The van der Waals surface area contributed by atoms with E-state index in [1.807, 2.05) is 67.6 Å². The molecule has 8 heteroatoms. The molecule has 0 saturated carbocycles. The normalized spacial score (nSPS) is 18.6. The molecule has 0 bridgehead atoms. The Kier molecular flexibility index (Phi) is 8.88. The molecule has 1 heterocycles. The van der Waals surface area contributed by atoms with Crippen LogP contribution in [-0.4, -0.2) is 51.9 Å². The standard InChI is InChI=1S/C32H40N4O3S/c1-3-27(24-11-6-5-7-12-24)32(37)33-26-17-18-30(36-21-19-35(4-2)20-22-36)31(23-26)40(38,39)34-29-16-10-14-25-13-8-9-15-28(25)29/h5-9,11-13,15,17-18,23,27,29,34H,3-4,10,14,16,19-22H2,1-2H3,(H,33,37). The monoisotopic (exact) mass is 560 g/mol. The Balaban J connectivity index is 1.46. The third-order valence-corrected chi connectivity index (χ3v) is 9.77. The van der Waals surface area contributed by atoms with Gasteiger partial charge in [0.15, 0.2) is 0 Å². The smallest absolute Gasteiger partial charge is 0.243 e. The van der Waals surface area contributed by atoms with Crippen LogP contribution in [-0.2, 0) is 21.2 Å². The Morgan fingerprint density at radius 2 is 1.68 bits per heavy atom. The number of benzene rings is 3. The molecule has 1 amide bonds. The van der Waals surface area contributed by atoms with E-state index in [1.165, 1.54) is 5.56 Å². The van der Waals surface area contributed by atoms with Gasteiger partial charge < -0.3 is 15.1 Å². The van der Waals surface area contributed by atoms with Crippen molar-refractivity contribution in [3.63, 3.8) is 0 Å². The van der Waals surface area contributed by atoms with Crippen LogP contribution in [0.5, 0.6) is 0 Å². The first-order valence-corrected chi connectivity index (χ1v) is 15.9. The van der Waals surface area contributed by atoms with Crippen molar-refractivity contribution in [2.75, 3.05) is 42.9 Å². The van der Waals surface area contributed by atoms with Crippen LogP contribution < -0.4 is 14.9 Å². The van der Waals surface area contributed by atoms with Gasteiger partial charge in [0.25, 0.3) is 0 Å². The van der Waals surface area contributed by atoms with Gasteiger partial charge in [0.05, 0.1) is 11.6 Å². The molecule has 7 nitrogen and oxygen atoms in total. The third-order valence-electron chi connectivity index (χ3n) is 8.27. The highest BCUT2D eigenvalue weighted by atomic mass is 32.2. The van der Waals surface area contributed by atoms with Crippen LogP contribution in [0.3, 0.4) is 0 Å². The maximum atomic E-state index is 14.1. The fraction of sp³-hybridized carbons (Fsp3) is 0.406. The molecular formula is C32H40N4O3S. The van der Waals surface area contributed by atoms with Crippen LogP contribution >= 0.6 is 0 Å². The summed E-state index contributed by atoms with van der Waals surface area (Å²) in [6.07, 6.45) is 3.29. The second-order valence-corrected chi connectivity index (χ2v) is 12.4. The number of anilines is 2. The van der Waals surface area contributed by atoms with E-state index < -0.39 is 10.0 Å². The summed E-state index contributed by atoms with van der Waals surface area (Å²) in [5, 5.41) is 3.01. The minimum atomic E-state index is -3.89. The highest BCUT2D eigenvalue weighted by molar-refractivity contribution is 7.89. The second-order valence-electron chi connectivity index (χ2n) is 10.7. The number of hydrogen-bond acceptors (Lipinski definition) is 5. The van der Waals surface area contributed by atoms with Crippen LogP contribution in [0.4, 0.5) is 11.4 Å². The fourth-order valence-electron chi connectivity index (χ4n) is 5.99. The van der Waals surface area contributed by atoms with Crippen LogP contribution in [0.2, 0.25) is 0 Å². The molecule has 1 aliphatic heterocycles. The first-order valence-electron chi connectivity index (χ1n) is 14.5. The predicted octanol–water partition coefficient (Wildman–Crippen LogP) is 5.32. The number of nitrogens with one attached hydrogen (secondary N) is 2. The van der Waals surface area contributed by atoms with Crippen molar-refractivity contribution in [2.45, 2.75) is 56.4 Å². The topological polar surface area (TPSA) is 81.8 Å². The van der Waals surface area contributed by atoms with Crippen LogP contribution in [0.15, 0.2) is 77.7 Å². The van der Waals surface area contributed by atoms with Gasteiger partial charge in [-0.15, -0.1) is 0 Å². The van der Waals surface area contributed by atoms with Gasteiger partial charge in [0, 0.05) is 37.9 Å². The number of likely N-dealkylation sites (N-methyl/N-ethyl adjacent to an activating group) is 1. The predicted molar refractivity (Wildman–Crippen MR) is 161 cm³/mol. The van der Waals surface area contributed by atoms with Crippen molar-refractivity contribution in [2.24, 2.45) is 0 Å². The van der Waals surface area contributed by atoms with Gasteiger partial charge in [-0.05, 0) is 67.1 Å². The summed E-state index contributed by atoms with van der Waals surface area (Å²) in [7, 11) is -3.89. The molecule has 40 heavy (non-hydrogen) atoms. The molecule has 1 saturated heterocycles. The molecule has 2 aliphatic rings. The largest absolute Gasteiger partial charge is 0.368 e. The average molecular weight is 561 g/mol. The highest BCUT2D eigenvalue weighted by Gasteiger charge is 2.30. The lowest BCUT2D eigenvalue weighted by Crippen LogP contribution is -2.46. The Bertz CT molecular complexity index is 1420. The number of carbonyl (C=O) groups excluding carboxylic acids is 1. The number of piperazine rings is 1.